The molecule has 3 heteroatoms. The highest BCUT2D eigenvalue weighted by Gasteiger charge is 2.16. The number of rotatable bonds is 4. The highest BCUT2D eigenvalue weighted by Crippen LogP contribution is 2.02. The Morgan fingerprint density at radius 1 is 1.40 bits per heavy atom. The van der Waals surface area contributed by atoms with E-state index in [-0.39, 0.29) is 11.6 Å². The molecular weight excluding hydrogens is 190 g/mol. The molecule has 15 heavy (non-hydrogen) atoms. The number of ketones is 2. The first-order valence-corrected chi connectivity index (χ1v) is 4.72. The Morgan fingerprint density at radius 3 is 2.53 bits per heavy atom. The third-order valence-electron chi connectivity index (χ3n) is 2.13. The fraction of sp³-hybridized carbons (Fsp3) is 0.250. The molecule has 0 atom stereocenters. The summed E-state index contributed by atoms with van der Waals surface area (Å²) in [6, 6.07) is 3.33. The van der Waals surface area contributed by atoms with Gasteiger partial charge in [0.2, 0.25) is 11.5 Å². The number of aromatic nitrogens is 1. The average molecular weight is 204 g/mol. The van der Waals surface area contributed by atoms with Crippen molar-refractivity contribution in [2.45, 2.75) is 20.4 Å². The first kappa shape index (κ1) is 11.3. The van der Waals surface area contributed by atoms with Crippen molar-refractivity contribution in [1.82, 2.24) is 0 Å². The summed E-state index contributed by atoms with van der Waals surface area (Å²) in [6.45, 7) is 7.15. The molecule has 0 fully saturated rings. The van der Waals surface area contributed by atoms with E-state index in [1.54, 1.807) is 29.0 Å². The largest absolute Gasteiger partial charge is 0.295 e. The molecule has 1 aromatic rings. The lowest BCUT2D eigenvalue weighted by molar-refractivity contribution is -0.688. The summed E-state index contributed by atoms with van der Waals surface area (Å²) in [5.41, 5.74) is 1.09. The van der Waals surface area contributed by atoms with Gasteiger partial charge in [0.25, 0.3) is 0 Å². The van der Waals surface area contributed by atoms with Crippen LogP contribution in [0.1, 0.15) is 34.7 Å². The molecule has 1 aromatic heterocycles. The zero-order chi connectivity index (χ0) is 11.4. The topological polar surface area (TPSA) is 38.0 Å². The molecule has 1 heterocycles. The smallest absolute Gasteiger partial charge is 0.249 e. The zero-order valence-corrected chi connectivity index (χ0v) is 8.99. The maximum atomic E-state index is 11.3. The van der Waals surface area contributed by atoms with Gasteiger partial charge in [0.05, 0.1) is 0 Å². The minimum atomic E-state index is -0.0556. The quantitative estimate of drug-likeness (QED) is 0.424. The van der Waals surface area contributed by atoms with E-state index in [2.05, 4.69) is 6.58 Å². The normalized spacial score (nSPS) is 9.73. The van der Waals surface area contributed by atoms with E-state index in [1.165, 1.54) is 13.8 Å². The SMILES string of the molecule is C=CC[n+]1ccc(C(C)=O)cc1C(C)=O. The number of hydrogen-bond acceptors (Lipinski definition) is 2. The molecule has 0 spiro atoms. The van der Waals surface area contributed by atoms with E-state index >= 15 is 0 Å². The zero-order valence-electron chi connectivity index (χ0n) is 8.99. The van der Waals surface area contributed by atoms with Crippen molar-refractivity contribution in [2.75, 3.05) is 0 Å². The maximum Gasteiger partial charge on any atom is 0.249 e. The van der Waals surface area contributed by atoms with Crippen LogP contribution in [0.5, 0.6) is 0 Å². The fourth-order valence-corrected chi connectivity index (χ4v) is 1.35. The van der Waals surface area contributed by atoms with Crippen LogP contribution in [0.4, 0.5) is 0 Å². The van der Waals surface area contributed by atoms with Crippen molar-refractivity contribution in [2.24, 2.45) is 0 Å². The van der Waals surface area contributed by atoms with Gasteiger partial charge >= 0.3 is 0 Å². The molecule has 0 amide bonds. The van der Waals surface area contributed by atoms with E-state index in [1.807, 2.05) is 0 Å². The number of pyridine rings is 1. The van der Waals surface area contributed by atoms with Gasteiger partial charge < -0.3 is 0 Å². The number of Topliss-reactive ketones (excluding diaryl/α,β-unsaturated/α-hetero) is 2. The highest BCUT2D eigenvalue weighted by molar-refractivity contribution is 5.97. The van der Waals surface area contributed by atoms with E-state index in [0.29, 0.717) is 17.8 Å². The molecule has 1 rings (SSSR count). The molecule has 0 aliphatic rings. The average Bonchev–Trinajstić information content (AvgIpc) is 2.18. The van der Waals surface area contributed by atoms with Gasteiger partial charge in [0.1, 0.15) is 0 Å². The molecule has 78 valence electrons. The molecule has 0 aromatic carbocycles. The minimum Gasteiger partial charge on any atom is -0.295 e. The molecule has 0 aliphatic heterocycles. The molecule has 0 saturated heterocycles. The Morgan fingerprint density at radius 2 is 2.07 bits per heavy atom. The van der Waals surface area contributed by atoms with Gasteiger partial charge in [-0.25, -0.2) is 0 Å². The van der Waals surface area contributed by atoms with Gasteiger partial charge in [-0.1, -0.05) is 6.58 Å². The van der Waals surface area contributed by atoms with Crippen LogP contribution in [0, 0.1) is 0 Å². The Labute approximate surface area is 89.0 Å². The third-order valence-corrected chi connectivity index (χ3v) is 2.13. The van der Waals surface area contributed by atoms with Crippen LogP contribution < -0.4 is 4.57 Å². The summed E-state index contributed by atoms with van der Waals surface area (Å²) in [7, 11) is 0. The third kappa shape index (κ3) is 2.59. The van der Waals surface area contributed by atoms with Gasteiger partial charge in [-0.15, -0.1) is 0 Å². The fourth-order valence-electron chi connectivity index (χ4n) is 1.35. The number of hydrogen-bond donors (Lipinski definition) is 0. The van der Waals surface area contributed by atoms with Crippen LogP contribution in [0.25, 0.3) is 0 Å². The number of carbonyl (C=O) groups excluding carboxylic acids is 2. The molecular formula is C12H14NO2+. The summed E-state index contributed by atoms with van der Waals surface area (Å²) in [5.74, 6) is -0.0943. The monoisotopic (exact) mass is 204 g/mol. The van der Waals surface area contributed by atoms with Crippen LogP contribution in [-0.4, -0.2) is 11.6 Å². The Hall–Kier alpha value is -1.77. The number of allylic oxidation sites excluding steroid dienone is 1. The van der Waals surface area contributed by atoms with Crippen LogP contribution in [-0.2, 0) is 6.54 Å². The number of nitrogens with zero attached hydrogens (tertiary/aromatic N) is 1. The molecule has 0 saturated carbocycles. The van der Waals surface area contributed by atoms with Crippen molar-refractivity contribution < 1.29 is 14.2 Å². The summed E-state index contributed by atoms with van der Waals surface area (Å²) in [5, 5.41) is 0. The lowest BCUT2D eigenvalue weighted by Gasteiger charge is -2.00. The predicted octanol–water partition coefficient (Wildman–Crippen LogP) is 1.57. The van der Waals surface area contributed by atoms with Crippen LogP contribution in [0.3, 0.4) is 0 Å². The second-order valence-corrected chi connectivity index (χ2v) is 3.35. The van der Waals surface area contributed by atoms with Crippen molar-refractivity contribution in [3.05, 3.63) is 42.2 Å². The summed E-state index contributed by atoms with van der Waals surface area (Å²) >= 11 is 0. The van der Waals surface area contributed by atoms with Gasteiger partial charge in [-0.05, 0) is 13.0 Å². The van der Waals surface area contributed by atoms with Crippen molar-refractivity contribution in [3.8, 4) is 0 Å². The van der Waals surface area contributed by atoms with Gasteiger partial charge in [0, 0.05) is 24.6 Å². The van der Waals surface area contributed by atoms with E-state index in [4.69, 9.17) is 0 Å². The van der Waals surface area contributed by atoms with E-state index in [0.717, 1.165) is 0 Å². The van der Waals surface area contributed by atoms with Crippen LogP contribution >= 0.6 is 0 Å². The van der Waals surface area contributed by atoms with Crippen molar-refractivity contribution in [1.29, 1.82) is 0 Å². The standard InChI is InChI=1S/C12H14NO2/c1-4-6-13-7-5-11(9(2)14)8-12(13)10(3)15/h4-5,7-8H,1,6H2,2-3H3/q+1. The summed E-state index contributed by atoms with van der Waals surface area (Å²) in [4.78, 5) is 22.5. The predicted molar refractivity (Wildman–Crippen MR) is 56.8 cm³/mol. The molecule has 0 aliphatic carbocycles. The maximum absolute atomic E-state index is 11.3. The highest BCUT2D eigenvalue weighted by atomic mass is 16.1. The van der Waals surface area contributed by atoms with Crippen LogP contribution in [0.2, 0.25) is 0 Å². The van der Waals surface area contributed by atoms with E-state index in [9.17, 15) is 9.59 Å². The molecule has 0 N–H and O–H groups in total. The summed E-state index contributed by atoms with van der Waals surface area (Å²) in [6.07, 6.45) is 3.44. The second kappa shape index (κ2) is 4.64. The molecule has 0 radical (unpaired) electrons. The Balaban J connectivity index is 3.26. The second-order valence-electron chi connectivity index (χ2n) is 3.35. The lowest BCUT2D eigenvalue weighted by atomic mass is 10.1. The summed E-state index contributed by atoms with van der Waals surface area (Å²) < 4.78 is 1.77. The first-order valence-electron chi connectivity index (χ1n) is 4.72. The van der Waals surface area contributed by atoms with Gasteiger partial charge in [-0.2, -0.15) is 4.57 Å². The molecule has 0 bridgehead atoms. The van der Waals surface area contributed by atoms with Gasteiger partial charge in [-0.3, -0.25) is 9.59 Å². The first-order chi connectivity index (χ1) is 7.06. The van der Waals surface area contributed by atoms with E-state index < -0.39 is 0 Å². The van der Waals surface area contributed by atoms with Gasteiger partial charge in [0.15, 0.2) is 18.5 Å². The minimum absolute atomic E-state index is 0.0387. The molecule has 0 unspecified atom stereocenters. The lowest BCUT2D eigenvalue weighted by Crippen LogP contribution is -2.39. The van der Waals surface area contributed by atoms with Crippen LogP contribution in [0.15, 0.2) is 31.0 Å². The number of carbonyl (C=O) groups is 2. The van der Waals surface area contributed by atoms with Crippen molar-refractivity contribution >= 4 is 11.6 Å². The molecule has 3 nitrogen and oxygen atoms in total. The Kier molecular flexibility index (Phi) is 3.50. The Bertz CT molecular complexity index is 422. The van der Waals surface area contributed by atoms with Crippen molar-refractivity contribution in [3.63, 3.8) is 0 Å².